The van der Waals surface area contributed by atoms with Crippen LogP contribution >= 0.6 is 0 Å². The maximum atomic E-state index is 5.20. The Hall–Kier alpha value is -1.81. The maximum absolute atomic E-state index is 5.20. The van der Waals surface area contributed by atoms with Gasteiger partial charge in [0.15, 0.2) is 0 Å². The fraction of sp³-hybridized carbons (Fsp3) is 0.438. The van der Waals surface area contributed by atoms with E-state index in [1.807, 2.05) is 31.6 Å². The van der Waals surface area contributed by atoms with Crippen molar-refractivity contribution in [2.45, 2.75) is 32.4 Å². The zero-order chi connectivity index (χ0) is 14.5. The van der Waals surface area contributed by atoms with Crippen molar-refractivity contribution >= 4 is 0 Å². The minimum absolute atomic E-state index is 0.210. The zero-order valence-corrected chi connectivity index (χ0v) is 12.6. The summed E-state index contributed by atoms with van der Waals surface area (Å²) in [7, 11) is 3.71. The van der Waals surface area contributed by atoms with E-state index in [0.29, 0.717) is 6.04 Å². The molecule has 1 aromatic heterocycles. The van der Waals surface area contributed by atoms with E-state index in [1.54, 1.807) is 7.11 Å². The monoisotopic (exact) mass is 273 g/mol. The molecule has 0 spiro atoms. The summed E-state index contributed by atoms with van der Waals surface area (Å²) in [5, 5.41) is 3.64. The molecule has 0 aliphatic heterocycles. The third-order valence-electron chi connectivity index (χ3n) is 3.62. The number of imidazole rings is 1. The van der Waals surface area contributed by atoms with Crippen LogP contribution in [-0.2, 0) is 7.05 Å². The van der Waals surface area contributed by atoms with Crippen LogP contribution in [0.3, 0.4) is 0 Å². The third kappa shape index (κ3) is 3.20. The van der Waals surface area contributed by atoms with E-state index in [9.17, 15) is 0 Å². The van der Waals surface area contributed by atoms with Crippen molar-refractivity contribution in [3.63, 3.8) is 0 Å². The lowest BCUT2D eigenvalue weighted by atomic mass is 10.0. The van der Waals surface area contributed by atoms with Gasteiger partial charge in [-0.05, 0) is 31.0 Å². The second-order valence-electron chi connectivity index (χ2n) is 5.02. The number of aryl methyl sites for hydroxylation is 1. The molecule has 0 aliphatic carbocycles. The quantitative estimate of drug-likeness (QED) is 0.878. The van der Waals surface area contributed by atoms with Gasteiger partial charge in [0.2, 0.25) is 0 Å². The van der Waals surface area contributed by atoms with Gasteiger partial charge in [-0.3, -0.25) is 0 Å². The van der Waals surface area contributed by atoms with Gasteiger partial charge in [0.05, 0.1) is 13.2 Å². The fourth-order valence-electron chi connectivity index (χ4n) is 2.46. The van der Waals surface area contributed by atoms with Crippen molar-refractivity contribution in [2.24, 2.45) is 7.05 Å². The van der Waals surface area contributed by atoms with Gasteiger partial charge in [0.1, 0.15) is 11.6 Å². The molecule has 1 heterocycles. The number of ether oxygens (including phenoxy) is 1. The molecular weight excluding hydrogens is 250 g/mol. The second-order valence-corrected chi connectivity index (χ2v) is 5.02. The van der Waals surface area contributed by atoms with Crippen molar-refractivity contribution < 1.29 is 4.74 Å². The number of nitrogens with zero attached hydrogens (tertiary/aromatic N) is 2. The highest BCUT2D eigenvalue weighted by molar-refractivity contribution is 5.29. The molecule has 0 saturated heterocycles. The van der Waals surface area contributed by atoms with Crippen molar-refractivity contribution in [1.82, 2.24) is 14.9 Å². The van der Waals surface area contributed by atoms with Crippen LogP contribution in [0.1, 0.15) is 43.7 Å². The summed E-state index contributed by atoms with van der Waals surface area (Å²) >= 11 is 0. The van der Waals surface area contributed by atoms with Crippen LogP contribution < -0.4 is 10.1 Å². The zero-order valence-electron chi connectivity index (χ0n) is 12.6. The number of hydrogen-bond donors (Lipinski definition) is 1. The Morgan fingerprint density at radius 1 is 1.30 bits per heavy atom. The lowest BCUT2D eigenvalue weighted by Gasteiger charge is -2.22. The number of nitrogens with one attached hydrogen (secondary N) is 1. The minimum Gasteiger partial charge on any atom is -0.497 e. The molecule has 2 aromatic rings. The Kier molecular flexibility index (Phi) is 4.79. The van der Waals surface area contributed by atoms with E-state index in [2.05, 4.69) is 40.8 Å². The third-order valence-corrected chi connectivity index (χ3v) is 3.62. The molecule has 0 aliphatic rings. The fourth-order valence-corrected chi connectivity index (χ4v) is 2.46. The van der Waals surface area contributed by atoms with E-state index in [0.717, 1.165) is 18.0 Å². The standard InChI is InChI=1S/C16H23N3O/c1-5-15(13-6-8-14(20-4)9-7-13)18-12(2)16-17-10-11-19(16)3/h6-12,15,18H,5H2,1-4H3. The number of rotatable bonds is 6. The number of hydrogen-bond acceptors (Lipinski definition) is 3. The Balaban J connectivity index is 2.10. The molecule has 2 rings (SSSR count). The number of aromatic nitrogens is 2. The van der Waals surface area contributed by atoms with E-state index in [-0.39, 0.29) is 6.04 Å². The van der Waals surface area contributed by atoms with Crippen LogP contribution in [0.15, 0.2) is 36.7 Å². The average molecular weight is 273 g/mol. The molecule has 0 saturated carbocycles. The van der Waals surface area contributed by atoms with E-state index >= 15 is 0 Å². The van der Waals surface area contributed by atoms with E-state index < -0.39 is 0 Å². The molecule has 4 heteroatoms. The predicted molar refractivity (Wildman–Crippen MR) is 80.8 cm³/mol. The van der Waals surface area contributed by atoms with Crippen molar-refractivity contribution in [3.05, 3.63) is 48.0 Å². The topological polar surface area (TPSA) is 39.1 Å². The molecule has 0 radical (unpaired) electrons. The Labute approximate surface area is 120 Å². The molecule has 0 amide bonds. The predicted octanol–water partition coefficient (Wildman–Crippen LogP) is 3.23. The second kappa shape index (κ2) is 6.57. The molecule has 0 bridgehead atoms. The highest BCUT2D eigenvalue weighted by Crippen LogP contribution is 2.23. The molecule has 20 heavy (non-hydrogen) atoms. The van der Waals surface area contributed by atoms with Gasteiger partial charge >= 0.3 is 0 Å². The maximum Gasteiger partial charge on any atom is 0.125 e. The highest BCUT2D eigenvalue weighted by atomic mass is 16.5. The van der Waals surface area contributed by atoms with Gasteiger partial charge < -0.3 is 14.6 Å². The SMILES string of the molecule is CCC(NC(C)c1nccn1C)c1ccc(OC)cc1. The summed E-state index contributed by atoms with van der Waals surface area (Å²) in [5.74, 6) is 1.94. The molecule has 2 unspecified atom stereocenters. The molecule has 1 aromatic carbocycles. The molecule has 1 N–H and O–H groups in total. The summed E-state index contributed by atoms with van der Waals surface area (Å²) < 4.78 is 7.26. The first kappa shape index (κ1) is 14.6. The van der Waals surface area contributed by atoms with Gasteiger partial charge in [-0.25, -0.2) is 4.98 Å². The van der Waals surface area contributed by atoms with E-state index in [4.69, 9.17) is 4.74 Å². The summed E-state index contributed by atoms with van der Waals surface area (Å²) in [6.45, 7) is 4.33. The van der Waals surface area contributed by atoms with Crippen molar-refractivity contribution in [2.75, 3.05) is 7.11 Å². The van der Waals surface area contributed by atoms with Crippen LogP contribution in [0.4, 0.5) is 0 Å². The number of benzene rings is 1. The first-order chi connectivity index (χ1) is 9.65. The van der Waals surface area contributed by atoms with Gasteiger partial charge in [0.25, 0.3) is 0 Å². The Morgan fingerprint density at radius 3 is 2.50 bits per heavy atom. The van der Waals surface area contributed by atoms with Crippen LogP contribution in [0.2, 0.25) is 0 Å². The Morgan fingerprint density at radius 2 is 2.00 bits per heavy atom. The van der Waals surface area contributed by atoms with Crippen LogP contribution in [-0.4, -0.2) is 16.7 Å². The van der Waals surface area contributed by atoms with Crippen LogP contribution in [0.25, 0.3) is 0 Å². The molecular formula is C16H23N3O. The van der Waals surface area contributed by atoms with Crippen LogP contribution in [0, 0.1) is 0 Å². The largest absolute Gasteiger partial charge is 0.497 e. The van der Waals surface area contributed by atoms with Gasteiger partial charge in [-0.1, -0.05) is 19.1 Å². The first-order valence-corrected chi connectivity index (χ1v) is 7.03. The van der Waals surface area contributed by atoms with Gasteiger partial charge in [-0.15, -0.1) is 0 Å². The molecule has 108 valence electrons. The number of methoxy groups -OCH3 is 1. The smallest absolute Gasteiger partial charge is 0.125 e. The average Bonchev–Trinajstić information content (AvgIpc) is 2.91. The van der Waals surface area contributed by atoms with Gasteiger partial charge in [-0.2, -0.15) is 0 Å². The van der Waals surface area contributed by atoms with Crippen molar-refractivity contribution in [1.29, 1.82) is 0 Å². The van der Waals surface area contributed by atoms with Gasteiger partial charge in [0, 0.05) is 25.5 Å². The molecule has 4 nitrogen and oxygen atoms in total. The summed E-state index contributed by atoms with van der Waals surface area (Å²) in [5.41, 5.74) is 1.27. The van der Waals surface area contributed by atoms with Crippen LogP contribution in [0.5, 0.6) is 5.75 Å². The van der Waals surface area contributed by atoms with Crippen molar-refractivity contribution in [3.8, 4) is 5.75 Å². The lowest BCUT2D eigenvalue weighted by molar-refractivity contribution is 0.412. The Bertz CT molecular complexity index is 533. The summed E-state index contributed by atoms with van der Waals surface area (Å²) in [6.07, 6.45) is 4.84. The normalized spacial score (nSPS) is 14.0. The summed E-state index contributed by atoms with van der Waals surface area (Å²) in [6, 6.07) is 8.77. The summed E-state index contributed by atoms with van der Waals surface area (Å²) in [4.78, 5) is 4.40. The van der Waals surface area contributed by atoms with E-state index in [1.165, 1.54) is 5.56 Å². The lowest BCUT2D eigenvalue weighted by Crippen LogP contribution is -2.26. The highest BCUT2D eigenvalue weighted by Gasteiger charge is 2.16. The first-order valence-electron chi connectivity index (χ1n) is 7.03. The molecule has 0 fully saturated rings. The minimum atomic E-state index is 0.210. The molecule has 2 atom stereocenters.